The molecule has 0 radical (unpaired) electrons. The standard InChI is InChI=1S/C20H16NO2/c1-21-14-15(13-17-8-4-6-10-19(17)21)11-12-16-7-3-5-9-18(16)20(22)23-2/h3-10,13-14H,1-2H3/q+1/i2D3. The summed E-state index contributed by atoms with van der Waals surface area (Å²) in [6.07, 6.45) is 1.90. The Morgan fingerprint density at radius 2 is 1.91 bits per heavy atom. The molecule has 1 heterocycles. The minimum Gasteiger partial charge on any atom is -0.465 e. The Bertz CT molecular complexity index is 1050. The second-order valence-corrected chi connectivity index (χ2v) is 5.08. The predicted molar refractivity (Wildman–Crippen MR) is 88.9 cm³/mol. The predicted octanol–water partition coefficient (Wildman–Crippen LogP) is 2.85. The number of pyridine rings is 1. The average molecular weight is 305 g/mol. The van der Waals surface area contributed by atoms with E-state index >= 15 is 0 Å². The Balaban J connectivity index is 1.98. The first kappa shape index (κ1) is 11.4. The van der Waals surface area contributed by atoms with Gasteiger partial charge in [0.15, 0.2) is 6.20 Å². The van der Waals surface area contributed by atoms with Crippen LogP contribution in [0.2, 0.25) is 0 Å². The Morgan fingerprint density at radius 1 is 1.13 bits per heavy atom. The lowest BCUT2D eigenvalue weighted by Crippen LogP contribution is -2.28. The van der Waals surface area contributed by atoms with E-state index in [1.165, 1.54) is 6.07 Å². The Morgan fingerprint density at radius 3 is 2.78 bits per heavy atom. The molecule has 3 aromatic rings. The van der Waals surface area contributed by atoms with Crippen molar-refractivity contribution in [2.45, 2.75) is 0 Å². The van der Waals surface area contributed by atoms with Crippen LogP contribution >= 0.6 is 0 Å². The quantitative estimate of drug-likeness (QED) is 0.393. The van der Waals surface area contributed by atoms with Crippen LogP contribution in [0.1, 0.15) is 25.6 Å². The van der Waals surface area contributed by atoms with Gasteiger partial charge in [-0.3, -0.25) is 0 Å². The maximum Gasteiger partial charge on any atom is 0.339 e. The summed E-state index contributed by atoms with van der Waals surface area (Å²) in [5, 5.41) is 1.05. The van der Waals surface area contributed by atoms with E-state index in [1.54, 1.807) is 18.2 Å². The highest BCUT2D eigenvalue weighted by molar-refractivity contribution is 5.92. The molecule has 0 aliphatic carbocycles. The number of carbonyl (C=O) groups is 1. The number of aromatic nitrogens is 1. The summed E-state index contributed by atoms with van der Waals surface area (Å²) >= 11 is 0. The third kappa shape index (κ3) is 3.07. The Hall–Kier alpha value is -3.12. The van der Waals surface area contributed by atoms with Gasteiger partial charge in [-0.25, -0.2) is 4.79 Å². The molecule has 0 saturated heterocycles. The van der Waals surface area contributed by atoms with Gasteiger partial charge in [-0.1, -0.05) is 36.1 Å². The number of carbonyl (C=O) groups excluding carboxylic acids is 1. The fourth-order valence-corrected chi connectivity index (χ4v) is 2.45. The summed E-state index contributed by atoms with van der Waals surface area (Å²) in [5.41, 5.74) is 2.41. The van der Waals surface area contributed by atoms with Gasteiger partial charge >= 0.3 is 5.97 Å². The second-order valence-electron chi connectivity index (χ2n) is 5.08. The molecule has 0 fully saturated rings. The highest BCUT2D eigenvalue weighted by Gasteiger charge is 2.09. The maximum atomic E-state index is 12.1. The van der Waals surface area contributed by atoms with Crippen molar-refractivity contribution < 1.29 is 18.2 Å². The highest BCUT2D eigenvalue weighted by atomic mass is 16.5. The number of hydrogen-bond acceptors (Lipinski definition) is 2. The lowest BCUT2D eigenvalue weighted by molar-refractivity contribution is -0.645. The second kappa shape index (κ2) is 6.33. The molecule has 3 rings (SSSR count). The number of para-hydroxylation sites is 1. The van der Waals surface area contributed by atoms with Crippen LogP contribution in [-0.4, -0.2) is 13.0 Å². The van der Waals surface area contributed by atoms with Crippen molar-refractivity contribution in [3.05, 3.63) is 77.5 Å². The zero-order valence-electron chi connectivity index (χ0n) is 15.5. The smallest absolute Gasteiger partial charge is 0.339 e. The Kier molecular flexibility index (Phi) is 3.15. The van der Waals surface area contributed by atoms with Crippen molar-refractivity contribution in [1.29, 1.82) is 0 Å². The molecule has 112 valence electrons. The van der Waals surface area contributed by atoms with Crippen LogP contribution in [0.5, 0.6) is 0 Å². The van der Waals surface area contributed by atoms with Crippen LogP contribution in [-0.2, 0) is 11.8 Å². The first-order valence-electron chi connectivity index (χ1n) is 8.56. The van der Waals surface area contributed by atoms with Gasteiger partial charge in [0.05, 0.1) is 22.3 Å². The van der Waals surface area contributed by atoms with E-state index in [0.29, 0.717) is 5.56 Å². The molecule has 3 heteroatoms. The number of aryl methyl sites for hydroxylation is 1. The minimum absolute atomic E-state index is 0.126. The van der Waals surface area contributed by atoms with Crippen LogP contribution in [0.4, 0.5) is 0 Å². The number of hydrogen-bond donors (Lipinski definition) is 0. The molecule has 23 heavy (non-hydrogen) atoms. The van der Waals surface area contributed by atoms with Gasteiger partial charge in [-0.05, 0) is 24.3 Å². The van der Waals surface area contributed by atoms with E-state index in [-0.39, 0.29) is 5.56 Å². The summed E-state index contributed by atoms with van der Waals surface area (Å²) in [5.74, 6) is 5.06. The molecule has 0 spiro atoms. The lowest BCUT2D eigenvalue weighted by Gasteiger charge is -2.01. The third-order valence-electron chi connectivity index (χ3n) is 3.54. The lowest BCUT2D eigenvalue weighted by atomic mass is 10.1. The van der Waals surface area contributed by atoms with Gasteiger partial charge in [0.2, 0.25) is 5.52 Å². The van der Waals surface area contributed by atoms with Gasteiger partial charge in [0.25, 0.3) is 0 Å². The maximum absolute atomic E-state index is 12.1. The van der Waals surface area contributed by atoms with E-state index in [2.05, 4.69) is 16.6 Å². The fraction of sp³-hybridized carbons (Fsp3) is 0.100. The third-order valence-corrected chi connectivity index (χ3v) is 3.54. The molecular weight excluding hydrogens is 286 g/mol. The molecular formula is C20H16NO2+. The molecule has 0 amide bonds. The number of esters is 1. The molecule has 0 N–H and O–H groups in total. The summed E-state index contributed by atoms with van der Waals surface area (Å²) in [7, 11) is -0.848. The zero-order chi connectivity index (χ0) is 18.7. The van der Waals surface area contributed by atoms with Crippen LogP contribution < -0.4 is 4.57 Å². The van der Waals surface area contributed by atoms with Gasteiger partial charge < -0.3 is 4.74 Å². The van der Waals surface area contributed by atoms with Gasteiger partial charge in [-0.2, -0.15) is 4.57 Å². The number of nitrogens with zero attached hydrogens (tertiary/aromatic N) is 1. The van der Waals surface area contributed by atoms with Crippen molar-refractivity contribution in [1.82, 2.24) is 0 Å². The molecule has 1 aromatic heterocycles. The minimum atomic E-state index is -2.79. The normalized spacial score (nSPS) is 12.5. The molecule has 0 atom stereocenters. The van der Waals surface area contributed by atoms with Crippen molar-refractivity contribution >= 4 is 16.9 Å². The van der Waals surface area contributed by atoms with Crippen molar-refractivity contribution in [2.24, 2.45) is 7.05 Å². The largest absolute Gasteiger partial charge is 0.465 e. The fourth-order valence-electron chi connectivity index (χ4n) is 2.45. The van der Waals surface area contributed by atoms with Crippen LogP contribution in [0.15, 0.2) is 60.8 Å². The molecule has 3 nitrogen and oxygen atoms in total. The van der Waals surface area contributed by atoms with Crippen LogP contribution in [0.3, 0.4) is 0 Å². The molecule has 2 aromatic carbocycles. The summed E-state index contributed by atoms with van der Waals surface area (Å²) in [6.45, 7) is 0. The van der Waals surface area contributed by atoms with Crippen molar-refractivity contribution in [3.8, 4) is 11.8 Å². The number of benzene rings is 2. The van der Waals surface area contributed by atoms with E-state index < -0.39 is 13.0 Å². The van der Waals surface area contributed by atoms with E-state index in [4.69, 9.17) is 4.11 Å². The molecule has 0 aliphatic rings. The number of ether oxygens (including phenoxy) is 1. The van der Waals surface area contributed by atoms with Crippen LogP contribution in [0, 0.1) is 11.8 Å². The molecule has 0 aliphatic heterocycles. The molecule has 0 bridgehead atoms. The molecule has 0 saturated carbocycles. The first-order chi connectivity index (χ1) is 12.3. The summed E-state index contributed by atoms with van der Waals surface area (Å²) in [6, 6.07) is 16.4. The topological polar surface area (TPSA) is 30.2 Å². The average Bonchev–Trinajstić information content (AvgIpc) is 2.59. The van der Waals surface area contributed by atoms with Crippen molar-refractivity contribution in [2.75, 3.05) is 7.04 Å². The van der Waals surface area contributed by atoms with Crippen LogP contribution in [0.25, 0.3) is 10.9 Å². The SMILES string of the molecule is [2H]C([2H])([2H])OC(=O)c1ccccc1C#Cc1cc2ccccc2[n+](C)c1. The van der Waals surface area contributed by atoms with E-state index in [0.717, 1.165) is 16.5 Å². The van der Waals surface area contributed by atoms with Gasteiger partial charge in [-0.15, -0.1) is 0 Å². The van der Waals surface area contributed by atoms with Crippen molar-refractivity contribution in [3.63, 3.8) is 0 Å². The first-order valence-corrected chi connectivity index (χ1v) is 7.06. The number of methoxy groups -OCH3 is 1. The summed E-state index contributed by atoms with van der Waals surface area (Å²) in [4.78, 5) is 12.1. The zero-order valence-corrected chi connectivity index (χ0v) is 12.5. The monoisotopic (exact) mass is 305 g/mol. The van der Waals surface area contributed by atoms with E-state index in [9.17, 15) is 4.79 Å². The Labute approximate surface area is 139 Å². The van der Waals surface area contributed by atoms with Gasteiger partial charge in [0.1, 0.15) is 7.05 Å². The molecule has 0 unspecified atom stereocenters. The highest BCUT2D eigenvalue weighted by Crippen LogP contribution is 2.12. The van der Waals surface area contributed by atoms with E-state index in [1.807, 2.05) is 48.1 Å². The number of rotatable bonds is 1. The summed E-state index contributed by atoms with van der Waals surface area (Å²) < 4.78 is 27.7. The number of fused-ring (bicyclic) bond motifs is 1. The van der Waals surface area contributed by atoms with Gasteiger partial charge in [0, 0.05) is 17.0 Å².